The van der Waals surface area contributed by atoms with Gasteiger partial charge >= 0.3 is 0 Å². The molecule has 0 spiro atoms. The van der Waals surface area contributed by atoms with Gasteiger partial charge in [-0.2, -0.15) is 0 Å². The Morgan fingerprint density at radius 1 is 0.875 bits per heavy atom. The lowest BCUT2D eigenvalue weighted by Gasteiger charge is -2.07. The summed E-state index contributed by atoms with van der Waals surface area (Å²) in [5.41, 5.74) is 7.93. The van der Waals surface area contributed by atoms with Crippen molar-refractivity contribution in [2.45, 2.75) is 19.3 Å². The van der Waals surface area contributed by atoms with Crippen molar-refractivity contribution in [1.82, 2.24) is 15.8 Å². The second-order valence-electron chi connectivity index (χ2n) is 5.62. The van der Waals surface area contributed by atoms with E-state index in [-0.39, 0.29) is 18.2 Å². The Kier molecular flexibility index (Phi) is 4.91. The molecule has 2 aromatic carbocycles. The summed E-state index contributed by atoms with van der Waals surface area (Å²) in [7, 11) is 0. The minimum Gasteiger partial charge on any atom is -0.361 e. The molecule has 0 unspecified atom stereocenters. The van der Waals surface area contributed by atoms with E-state index in [1.807, 2.05) is 60.8 Å². The van der Waals surface area contributed by atoms with Crippen LogP contribution in [-0.2, 0) is 22.4 Å². The third-order valence-electron chi connectivity index (χ3n) is 3.85. The second-order valence-corrected chi connectivity index (χ2v) is 5.62. The highest BCUT2D eigenvalue weighted by Gasteiger charge is 2.09. The van der Waals surface area contributed by atoms with Crippen molar-refractivity contribution in [1.29, 1.82) is 0 Å². The number of amides is 2. The molecular weight excluding hydrogens is 302 g/mol. The van der Waals surface area contributed by atoms with Crippen LogP contribution in [0, 0.1) is 0 Å². The molecule has 0 radical (unpaired) electrons. The molecule has 24 heavy (non-hydrogen) atoms. The highest BCUT2D eigenvalue weighted by molar-refractivity contribution is 5.89. The molecule has 1 heterocycles. The third kappa shape index (κ3) is 4.01. The molecule has 3 aromatic rings. The highest BCUT2D eigenvalue weighted by atomic mass is 16.2. The number of para-hydroxylation sites is 1. The zero-order valence-electron chi connectivity index (χ0n) is 13.2. The molecule has 3 rings (SSSR count). The number of hydrogen-bond acceptors (Lipinski definition) is 2. The van der Waals surface area contributed by atoms with E-state index in [1.54, 1.807) is 0 Å². The topological polar surface area (TPSA) is 74.0 Å². The fourth-order valence-corrected chi connectivity index (χ4v) is 2.60. The van der Waals surface area contributed by atoms with E-state index < -0.39 is 0 Å². The number of carbonyl (C=O) groups excluding carboxylic acids is 2. The molecule has 5 heteroatoms. The van der Waals surface area contributed by atoms with Gasteiger partial charge in [0.05, 0.1) is 6.42 Å². The first-order valence-corrected chi connectivity index (χ1v) is 7.89. The Bertz CT molecular complexity index is 840. The molecule has 0 fully saturated rings. The Morgan fingerprint density at radius 2 is 1.58 bits per heavy atom. The van der Waals surface area contributed by atoms with Crippen LogP contribution < -0.4 is 10.9 Å². The Morgan fingerprint density at radius 3 is 2.42 bits per heavy atom. The van der Waals surface area contributed by atoms with Gasteiger partial charge in [-0.25, -0.2) is 0 Å². The number of aromatic amines is 1. The first kappa shape index (κ1) is 15.8. The number of hydrogen-bond donors (Lipinski definition) is 3. The summed E-state index contributed by atoms with van der Waals surface area (Å²) in [4.78, 5) is 26.9. The molecule has 0 atom stereocenters. The number of nitrogens with one attached hydrogen (secondary N) is 3. The van der Waals surface area contributed by atoms with Gasteiger partial charge in [0.1, 0.15) is 0 Å². The number of H-pyrrole nitrogens is 1. The zero-order valence-corrected chi connectivity index (χ0v) is 13.2. The van der Waals surface area contributed by atoms with Crippen molar-refractivity contribution in [2.24, 2.45) is 0 Å². The smallest absolute Gasteiger partial charge is 0.242 e. The largest absolute Gasteiger partial charge is 0.361 e. The van der Waals surface area contributed by atoms with Crippen LogP contribution in [0.15, 0.2) is 60.8 Å². The van der Waals surface area contributed by atoms with E-state index in [4.69, 9.17) is 0 Å². The van der Waals surface area contributed by atoms with E-state index in [9.17, 15) is 9.59 Å². The molecule has 3 N–H and O–H groups in total. The van der Waals surface area contributed by atoms with E-state index in [0.29, 0.717) is 12.8 Å². The van der Waals surface area contributed by atoms with Crippen LogP contribution >= 0.6 is 0 Å². The summed E-state index contributed by atoms with van der Waals surface area (Å²) in [6.07, 6.45) is 3.01. The second kappa shape index (κ2) is 7.46. The number of aromatic nitrogens is 1. The molecule has 0 saturated carbocycles. The predicted octanol–water partition coefficient (Wildman–Crippen LogP) is 2.49. The monoisotopic (exact) mass is 321 g/mol. The minimum atomic E-state index is -0.243. The Labute approximate surface area is 140 Å². The molecule has 0 saturated heterocycles. The van der Waals surface area contributed by atoms with Crippen LogP contribution in [-0.4, -0.2) is 16.8 Å². The summed E-state index contributed by atoms with van der Waals surface area (Å²) in [6.45, 7) is 0. The lowest BCUT2D eigenvalue weighted by Crippen LogP contribution is -2.42. The Balaban J connectivity index is 1.46. The zero-order chi connectivity index (χ0) is 16.8. The van der Waals surface area contributed by atoms with Crippen molar-refractivity contribution in [2.75, 3.05) is 0 Å². The van der Waals surface area contributed by atoms with Gasteiger partial charge in [0.25, 0.3) is 0 Å². The van der Waals surface area contributed by atoms with Crippen LogP contribution in [0.4, 0.5) is 0 Å². The maximum atomic E-state index is 12.0. The number of benzene rings is 2. The van der Waals surface area contributed by atoms with Gasteiger partial charge in [-0.05, 0) is 23.6 Å². The number of aryl methyl sites for hydroxylation is 1. The van der Waals surface area contributed by atoms with E-state index in [1.165, 1.54) is 0 Å². The van der Waals surface area contributed by atoms with Crippen molar-refractivity contribution in [3.05, 3.63) is 71.9 Å². The number of fused-ring (bicyclic) bond motifs is 1. The summed E-state index contributed by atoms with van der Waals surface area (Å²) in [5, 5.41) is 1.02. The van der Waals surface area contributed by atoms with Gasteiger partial charge in [-0.1, -0.05) is 48.5 Å². The van der Waals surface area contributed by atoms with Crippen molar-refractivity contribution in [3.8, 4) is 0 Å². The SMILES string of the molecule is O=C(CCc1ccccc1)NNC(=O)Cc1c[nH]c2ccccc12. The standard InChI is InChI=1S/C19H19N3O2/c23-18(11-10-14-6-2-1-3-7-14)21-22-19(24)12-15-13-20-17-9-5-4-8-16(15)17/h1-9,13,20H,10-12H2,(H,21,23)(H,22,24). The number of rotatable bonds is 5. The molecule has 5 nitrogen and oxygen atoms in total. The molecule has 1 aromatic heterocycles. The maximum Gasteiger partial charge on any atom is 0.242 e. The van der Waals surface area contributed by atoms with Crippen molar-refractivity contribution in [3.63, 3.8) is 0 Å². The molecule has 0 aliphatic rings. The van der Waals surface area contributed by atoms with Crippen LogP contribution in [0.1, 0.15) is 17.5 Å². The Hall–Kier alpha value is -3.08. The van der Waals surface area contributed by atoms with Crippen LogP contribution in [0.25, 0.3) is 10.9 Å². The highest BCUT2D eigenvalue weighted by Crippen LogP contribution is 2.17. The third-order valence-corrected chi connectivity index (χ3v) is 3.85. The molecule has 0 aliphatic carbocycles. The van der Waals surface area contributed by atoms with Crippen molar-refractivity contribution < 1.29 is 9.59 Å². The fourth-order valence-electron chi connectivity index (χ4n) is 2.60. The predicted molar refractivity (Wildman–Crippen MR) is 93.1 cm³/mol. The van der Waals surface area contributed by atoms with E-state index in [2.05, 4.69) is 15.8 Å². The molecule has 2 amide bonds. The average molecular weight is 321 g/mol. The van der Waals surface area contributed by atoms with Crippen LogP contribution in [0.5, 0.6) is 0 Å². The lowest BCUT2D eigenvalue weighted by molar-refractivity contribution is -0.128. The summed E-state index contributed by atoms with van der Waals surface area (Å²) in [5.74, 6) is -0.445. The average Bonchev–Trinajstić information content (AvgIpc) is 3.02. The summed E-state index contributed by atoms with van der Waals surface area (Å²) in [6, 6.07) is 17.6. The van der Waals surface area contributed by atoms with Gasteiger partial charge in [0.2, 0.25) is 11.8 Å². The molecule has 122 valence electrons. The van der Waals surface area contributed by atoms with E-state index in [0.717, 1.165) is 22.0 Å². The number of carbonyl (C=O) groups is 2. The van der Waals surface area contributed by atoms with Gasteiger partial charge in [-0.15, -0.1) is 0 Å². The number of hydrazine groups is 1. The summed E-state index contributed by atoms with van der Waals surface area (Å²) >= 11 is 0. The van der Waals surface area contributed by atoms with Gasteiger partial charge < -0.3 is 4.98 Å². The van der Waals surface area contributed by atoms with Crippen LogP contribution in [0.3, 0.4) is 0 Å². The van der Waals surface area contributed by atoms with Crippen LogP contribution in [0.2, 0.25) is 0 Å². The van der Waals surface area contributed by atoms with E-state index >= 15 is 0 Å². The van der Waals surface area contributed by atoms with Gasteiger partial charge in [-0.3, -0.25) is 20.4 Å². The maximum absolute atomic E-state index is 12.0. The molecule has 0 aliphatic heterocycles. The quantitative estimate of drug-likeness (QED) is 0.632. The van der Waals surface area contributed by atoms with Gasteiger partial charge in [0.15, 0.2) is 0 Å². The fraction of sp³-hybridized carbons (Fsp3) is 0.158. The van der Waals surface area contributed by atoms with Gasteiger partial charge in [0, 0.05) is 23.5 Å². The molecule has 0 bridgehead atoms. The summed E-state index contributed by atoms with van der Waals surface area (Å²) < 4.78 is 0. The first-order valence-electron chi connectivity index (χ1n) is 7.89. The lowest BCUT2D eigenvalue weighted by atomic mass is 10.1. The first-order chi connectivity index (χ1) is 11.7. The minimum absolute atomic E-state index is 0.203. The normalized spacial score (nSPS) is 10.5. The molecular formula is C19H19N3O2. The van der Waals surface area contributed by atoms with Crippen molar-refractivity contribution >= 4 is 22.7 Å².